The second-order valence-corrected chi connectivity index (χ2v) is 6.85. The lowest BCUT2D eigenvalue weighted by molar-refractivity contribution is 0.0211. The van der Waals surface area contributed by atoms with Gasteiger partial charge in [0.25, 0.3) is 5.91 Å². The molecule has 0 radical (unpaired) electrons. The number of nitrogens with zero attached hydrogens (tertiary/aromatic N) is 1. The molecule has 1 aliphatic carbocycles. The van der Waals surface area contributed by atoms with Crippen molar-refractivity contribution >= 4 is 5.91 Å². The third kappa shape index (κ3) is 3.59. The molecule has 1 saturated carbocycles. The number of likely N-dealkylation sites (tertiary alicyclic amines) is 1. The van der Waals surface area contributed by atoms with E-state index in [1.54, 1.807) is 7.11 Å². The maximum absolute atomic E-state index is 12.9. The van der Waals surface area contributed by atoms with Gasteiger partial charge in [-0.2, -0.15) is 0 Å². The molecule has 1 amide bonds. The van der Waals surface area contributed by atoms with E-state index < -0.39 is 0 Å². The van der Waals surface area contributed by atoms with Crippen molar-refractivity contribution in [2.24, 2.45) is 5.92 Å². The van der Waals surface area contributed by atoms with Gasteiger partial charge in [0.05, 0.1) is 12.7 Å². The second kappa shape index (κ2) is 7.45. The lowest BCUT2D eigenvalue weighted by Crippen LogP contribution is -2.45. The van der Waals surface area contributed by atoms with Gasteiger partial charge in [0, 0.05) is 31.2 Å². The van der Waals surface area contributed by atoms with Crippen molar-refractivity contribution in [3.63, 3.8) is 0 Å². The number of hydrogen-bond acceptors (Lipinski definition) is 3. The van der Waals surface area contributed by atoms with E-state index in [1.807, 2.05) is 29.2 Å². The van der Waals surface area contributed by atoms with Crippen molar-refractivity contribution < 1.29 is 14.6 Å². The van der Waals surface area contributed by atoms with Crippen molar-refractivity contribution in [1.29, 1.82) is 0 Å². The smallest absolute Gasteiger partial charge is 0.254 e. The molecule has 23 heavy (non-hydrogen) atoms. The van der Waals surface area contributed by atoms with Gasteiger partial charge in [0.2, 0.25) is 0 Å². The van der Waals surface area contributed by atoms with Crippen molar-refractivity contribution in [3.8, 4) is 0 Å². The van der Waals surface area contributed by atoms with Crippen LogP contribution < -0.4 is 0 Å². The minimum atomic E-state index is -0.244. The van der Waals surface area contributed by atoms with Crippen LogP contribution in [0.2, 0.25) is 0 Å². The quantitative estimate of drug-likeness (QED) is 0.929. The van der Waals surface area contributed by atoms with E-state index in [-0.39, 0.29) is 24.0 Å². The Kier molecular flexibility index (Phi) is 5.34. The molecule has 1 heterocycles. The number of aliphatic hydroxyl groups is 1. The zero-order valence-corrected chi connectivity index (χ0v) is 13.9. The van der Waals surface area contributed by atoms with Gasteiger partial charge < -0.3 is 14.7 Å². The Labute approximate surface area is 138 Å². The van der Waals surface area contributed by atoms with E-state index in [1.165, 1.54) is 6.42 Å². The third-order valence-electron chi connectivity index (χ3n) is 5.35. The molecule has 1 aromatic carbocycles. The Morgan fingerprint density at radius 2 is 1.91 bits per heavy atom. The van der Waals surface area contributed by atoms with Crippen LogP contribution in [0.1, 0.15) is 54.4 Å². The molecule has 1 N–H and O–H groups in total. The predicted octanol–water partition coefficient (Wildman–Crippen LogP) is 2.99. The fourth-order valence-corrected chi connectivity index (χ4v) is 4.15. The molecule has 126 valence electrons. The second-order valence-electron chi connectivity index (χ2n) is 6.85. The Bertz CT molecular complexity index is 528. The van der Waals surface area contributed by atoms with E-state index >= 15 is 0 Å². The number of ether oxygens (including phenoxy) is 1. The maximum Gasteiger partial charge on any atom is 0.254 e. The molecule has 4 nitrogen and oxygen atoms in total. The molecule has 0 unspecified atom stereocenters. The van der Waals surface area contributed by atoms with E-state index in [0.717, 1.165) is 49.8 Å². The SMILES string of the molecule is COCc1ccc(C(=O)N2CCC[C@@H]2[C@@H]2CCCC[C@H]2O)cc1. The topological polar surface area (TPSA) is 49.8 Å². The maximum atomic E-state index is 12.9. The van der Waals surface area contributed by atoms with Crippen LogP contribution in [-0.2, 0) is 11.3 Å². The summed E-state index contributed by atoms with van der Waals surface area (Å²) in [6.07, 6.45) is 6.03. The standard InChI is InChI=1S/C19H27NO3/c1-23-13-14-8-10-15(11-9-14)19(22)20-12-4-6-17(20)16-5-2-3-7-18(16)21/h8-11,16-18,21H,2-7,12-13H2,1H3/t16-,17+,18+/m0/s1. The molecule has 0 bridgehead atoms. The number of carbonyl (C=O) groups excluding carboxylic acids is 1. The number of benzene rings is 1. The predicted molar refractivity (Wildman–Crippen MR) is 89.2 cm³/mol. The monoisotopic (exact) mass is 317 g/mol. The largest absolute Gasteiger partial charge is 0.393 e. The van der Waals surface area contributed by atoms with Crippen LogP contribution >= 0.6 is 0 Å². The van der Waals surface area contributed by atoms with Crippen molar-refractivity contribution in [1.82, 2.24) is 4.90 Å². The van der Waals surface area contributed by atoms with Crippen molar-refractivity contribution in [2.45, 2.75) is 57.3 Å². The normalized spacial score (nSPS) is 28.1. The third-order valence-corrected chi connectivity index (χ3v) is 5.35. The van der Waals surface area contributed by atoms with Crippen molar-refractivity contribution in [2.75, 3.05) is 13.7 Å². The average molecular weight is 317 g/mol. The summed E-state index contributed by atoms with van der Waals surface area (Å²) in [5.41, 5.74) is 1.81. The van der Waals surface area contributed by atoms with E-state index in [9.17, 15) is 9.90 Å². The molecular formula is C19H27NO3. The van der Waals surface area contributed by atoms with Gasteiger partial charge in [-0.05, 0) is 43.4 Å². The molecule has 1 aromatic rings. The van der Waals surface area contributed by atoms with Crippen LogP contribution in [0.4, 0.5) is 0 Å². The van der Waals surface area contributed by atoms with E-state index in [0.29, 0.717) is 6.61 Å². The first-order chi connectivity index (χ1) is 11.2. The van der Waals surface area contributed by atoms with Crippen LogP contribution in [0.3, 0.4) is 0 Å². The molecule has 4 heteroatoms. The summed E-state index contributed by atoms with van der Waals surface area (Å²) >= 11 is 0. The highest BCUT2D eigenvalue weighted by molar-refractivity contribution is 5.94. The summed E-state index contributed by atoms with van der Waals surface area (Å²) in [6, 6.07) is 7.90. The van der Waals surface area contributed by atoms with Crippen LogP contribution in [0.15, 0.2) is 24.3 Å². The number of aliphatic hydroxyl groups excluding tert-OH is 1. The molecule has 3 atom stereocenters. The summed E-state index contributed by atoms with van der Waals surface area (Å²) < 4.78 is 5.11. The van der Waals surface area contributed by atoms with Crippen molar-refractivity contribution in [3.05, 3.63) is 35.4 Å². The van der Waals surface area contributed by atoms with Gasteiger partial charge in [-0.1, -0.05) is 25.0 Å². The van der Waals surface area contributed by atoms with Gasteiger partial charge in [0.15, 0.2) is 0 Å². The van der Waals surface area contributed by atoms with Gasteiger partial charge in [-0.25, -0.2) is 0 Å². The number of methoxy groups -OCH3 is 1. The molecule has 0 aromatic heterocycles. The highest BCUT2D eigenvalue weighted by Crippen LogP contribution is 2.35. The first-order valence-corrected chi connectivity index (χ1v) is 8.77. The van der Waals surface area contributed by atoms with Crippen LogP contribution in [0, 0.1) is 5.92 Å². The van der Waals surface area contributed by atoms with Gasteiger partial charge in [-0.3, -0.25) is 4.79 Å². The molecule has 2 fully saturated rings. The summed E-state index contributed by atoms with van der Waals surface area (Å²) in [6.45, 7) is 1.38. The van der Waals surface area contributed by atoms with E-state index in [4.69, 9.17) is 4.74 Å². The molecule has 2 aliphatic rings. The lowest BCUT2D eigenvalue weighted by Gasteiger charge is -2.37. The molecule has 3 rings (SSSR count). The Balaban J connectivity index is 1.72. The summed E-state index contributed by atoms with van der Waals surface area (Å²) in [4.78, 5) is 14.9. The van der Waals surface area contributed by atoms with Crippen LogP contribution in [0.25, 0.3) is 0 Å². The molecule has 0 spiro atoms. The van der Waals surface area contributed by atoms with Gasteiger partial charge in [-0.15, -0.1) is 0 Å². The first-order valence-electron chi connectivity index (χ1n) is 8.77. The average Bonchev–Trinajstić information content (AvgIpc) is 3.05. The summed E-state index contributed by atoms with van der Waals surface area (Å²) in [7, 11) is 1.67. The highest BCUT2D eigenvalue weighted by Gasteiger charge is 2.39. The number of hydrogen-bond donors (Lipinski definition) is 1. The van der Waals surface area contributed by atoms with E-state index in [2.05, 4.69) is 0 Å². The van der Waals surface area contributed by atoms with Gasteiger partial charge in [0.1, 0.15) is 0 Å². The fraction of sp³-hybridized carbons (Fsp3) is 0.632. The summed E-state index contributed by atoms with van der Waals surface area (Å²) in [5, 5.41) is 10.3. The minimum absolute atomic E-state index is 0.106. The fourth-order valence-electron chi connectivity index (χ4n) is 4.15. The lowest BCUT2D eigenvalue weighted by atomic mass is 9.80. The Morgan fingerprint density at radius 1 is 1.17 bits per heavy atom. The van der Waals surface area contributed by atoms with Gasteiger partial charge >= 0.3 is 0 Å². The highest BCUT2D eigenvalue weighted by atomic mass is 16.5. The first kappa shape index (κ1) is 16.5. The van der Waals surface area contributed by atoms with Crippen LogP contribution in [-0.4, -0.2) is 41.7 Å². The number of rotatable bonds is 4. The minimum Gasteiger partial charge on any atom is -0.393 e. The zero-order chi connectivity index (χ0) is 16.2. The zero-order valence-electron chi connectivity index (χ0n) is 13.9. The molecular weight excluding hydrogens is 290 g/mol. The number of carbonyl (C=O) groups is 1. The molecule has 1 saturated heterocycles. The Morgan fingerprint density at radius 3 is 2.61 bits per heavy atom. The van der Waals surface area contributed by atoms with Crippen LogP contribution in [0.5, 0.6) is 0 Å². The molecule has 1 aliphatic heterocycles. The number of amides is 1. The Hall–Kier alpha value is -1.39. The summed E-state index contributed by atoms with van der Waals surface area (Å²) in [5.74, 6) is 0.359.